The van der Waals surface area contributed by atoms with Crippen LogP contribution in [0.5, 0.6) is 0 Å². The zero-order valence-corrected chi connectivity index (χ0v) is 22.1. The van der Waals surface area contributed by atoms with Gasteiger partial charge in [0.05, 0.1) is 36.4 Å². The molecule has 9 nitrogen and oxygen atoms in total. The summed E-state index contributed by atoms with van der Waals surface area (Å²) in [5.41, 5.74) is 1.51. The van der Waals surface area contributed by atoms with E-state index in [1.54, 1.807) is 36.9 Å². The van der Waals surface area contributed by atoms with Gasteiger partial charge in [-0.25, -0.2) is 4.79 Å². The number of urea groups is 1. The van der Waals surface area contributed by atoms with Gasteiger partial charge in [0.2, 0.25) is 5.91 Å². The quantitative estimate of drug-likeness (QED) is 0.562. The predicted molar refractivity (Wildman–Crippen MR) is 134 cm³/mol. The summed E-state index contributed by atoms with van der Waals surface area (Å²) in [6, 6.07) is 3.03. The van der Waals surface area contributed by atoms with E-state index in [1.807, 2.05) is 6.92 Å². The second-order valence-corrected chi connectivity index (χ2v) is 9.98. The summed E-state index contributed by atoms with van der Waals surface area (Å²) in [5.74, 6) is -1.24. The first kappa shape index (κ1) is 26.3. The molecule has 3 heterocycles. The first-order valence-electron chi connectivity index (χ1n) is 12.2. The summed E-state index contributed by atoms with van der Waals surface area (Å²) in [6.07, 6.45) is 1.35. The van der Waals surface area contributed by atoms with E-state index in [0.717, 1.165) is 0 Å². The first-order valence-corrected chi connectivity index (χ1v) is 13.0. The zero-order chi connectivity index (χ0) is 26.1. The van der Waals surface area contributed by atoms with Gasteiger partial charge < -0.3 is 19.9 Å². The van der Waals surface area contributed by atoms with E-state index >= 15 is 0 Å². The van der Waals surface area contributed by atoms with E-state index in [-0.39, 0.29) is 42.8 Å². The van der Waals surface area contributed by atoms with Crippen LogP contribution in [-0.2, 0) is 19.1 Å². The van der Waals surface area contributed by atoms with Crippen LogP contribution in [0.3, 0.4) is 0 Å². The molecule has 1 N–H and O–H groups in total. The Hall–Kier alpha value is -2.78. The molecule has 1 fully saturated rings. The number of nitrogens with one attached hydrogen (secondary N) is 1. The lowest BCUT2D eigenvalue weighted by atomic mass is 9.95. The number of likely N-dealkylation sites (tertiary alicyclic amines) is 1. The molecule has 0 unspecified atom stereocenters. The fraction of sp³-hybridized carbons (Fsp3) is 0.520. The monoisotopic (exact) mass is 536 g/mol. The number of hydrogen-bond acceptors (Lipinski definition) is 5. The maximum atomic E-state index is 13.7. The molecular formula is C25H30Cl2N4O5. The van der Waals surface area contributed by atoms with Gasteiger partial charge >= 0.3 is 12.0 Å². The number of ether oxygens (including phenoxy) is 1. The molecular weight excluding hydrogens is 507 g/mol. The Labute approximate surface area is 220 Å². The molecule has 36 heavy (non-hydrogen) atoms. The van der Waals surface area contributed by atoms with Crippen LogP contribution < -0.4 is 5.32 Å². The van der Waals surface area contributed by atoms with Crippen molar-refractivity contribution in [3.63, 3.8) is 0 Å². The molecule has 1 aromatic rings. The van der Waals surface area contributed by atoms with Crippen molar-refractivity contribution in [2.24, 2.45) is 5.92 Å². The normalized spacial score (nSPS) is 23.0. The number of benzene rings is 1. The standard InChI is InChI=1S/C25H30Cl2N4O5/c1-4-30-19-13-31(14(3)22(32)29-10-6-7-15(12-29)24(34)36-5-2)23(33)20(19)21(28-25(30)35)17-9-8-16(26)11-18(17)27/h8-9,11,14-15,21H,4-7,10,12-13H2,1-3H3,(H,28,35)/t14-,15+,21-/m0/s1. The SMILES string of the molecule is CCOC(=O)[C@@H]1CCCN(C(=O)[C@H](C)N2CC3=C(C2=O)[C@H](c2ccc(Cl)cc2Cl)NC(=O)N3CC)C1. The Morgan fingerprint density at radius 2 is 1.97 bits per heavy atom. The summed E-state index contributed by atoms with van der Waals surface area (Å²) in [7, 11) is 0. The third-order valence-corrected chi connectivity index (χ3v) is 7.58. The molecule has 0 radical (unpaired) electrons. The molecule has 194 valence electrons. The summed E-state index contributed by atoms with van der Waals surface area (Å²) in [5, 5.41) is 3.66. The van der Waals surface area contributed by atoms with Crippen LogP contribution in [0.4, 0.5) is 4.79 Å². The van der Waals surface area contributed by atoms with Gasteiger partial charge in [-0.1, -0.05) is 29.3 Å². The molecule has 3 aliphatic rings. The number of halogens is 2. The molecule has 0 saturated carbocycles. The highest BCUT2D eigenvalue weighted by atomic mass is 35.5. The minimum absolute atomic E-state index is 0.124. The van der Waals surface area contributed by atoms with Crippen molar-refractivity contribution in [2.75, 3.05) is 32.8 Å². The lowest BCUT2D eigenvalue weighted by molar-refractivity contribution is -0.153. The number of likely N-dealkylation sites (N-methyl/N-ethyl adjacent to an activating group) is 1. The number of carbonyl (C=O) groups excluding carboxylic acids is 4. The minimum Gasteiger partial charge on any atom is -0.466 e. The van der Waals surface area contributed by atoms with Crippen LogP contribution in [0.25, 0.3) is 0 Å². The van der Waals surface area contributed by atoms with Crippen molar-refractivity contribution in [1.82, 2.24) is 20.0 Å². The molecule has 4 amide bonds. The third kappa shape index (κ3) is 4.78. The Kier molecular flexibility index (Phi) is 7.80. The molecule has 0 bridgehead atoms. The van der Waals surface area contributed by atoms with E-state index in [1.165, 1.54) is 9.80 Å². The van der Waals surface area contributed by atoms with Crippen molar-refractivity contribution in [2.45, 2.75) is 45.7 Å². The summed E-state index contributed by atoms with van der Waals surface area (Å²) in [4.78, 5) is 57.0. The van der Waals surface area contributed by atoms with Crippen molar-refractivity contribution in [3.05, 3.63) is 45.1 Å². The van der Waals surface area contributed by atoms with Crippen LogP contribution in [0.15, 0.2) is 29.5 Å². The second kappa shape index (κ2) is 10.7. The van der Waals surface area contributed by atoms with Gasteiger partial charge in [0, 0.05) is 29.7 Å². The van der Waals surface area contributed by atoms with Gasteiger partial charge in [-0.3, -0.25) is 19.3 Å². The van der Waals surface area contributed by atoms with Crippen LogP contribution in [-0.4, -0.2) is 77.3 Å². The summed E-state index contributed by atoms with van der Waals surface area (Å²) in [6.45, 7) is 6.82. The van der Waals surface area contributed by atoms with E-state index < -0.39 is 12.1 Å². The van der Waals surface area contributed by atoms with Gasteiger partial charge in [0.1, 0.15) is 6.04 Å². The van der Waals surface area contributed by atoms with Gasteiger partial charge in [-0.2, -0.15) is 0 Å². The average molecular weight is 537 g/mol. The van der Waals surface area contributed by atoms with Gasteiger partial charge in [-0.05, 0) is 51.3 Å². The van der Waals surface area contributed by atoms with Crippen molar-refractivity contribution >= 4 is 47.0 Å². The van der Waals surface area contributed by atoms with Gasteiger partial charge in [0.25, 0.3) is 5.91 Å². The largest absolute Gasteiger partial charge is 0.466 e. The summed E-state index contributed by atoms with van der Waals surface area (Å²) < 4.78 is 5.14. The highest BCUT2D eigenvalue weighted by molar-refractivity contribution is 6.35. The Morgan fingerprint density at radius 1 is 1.22 bits per heavy atom. The average Bonchev–Trinajstić information content (AvgIpc) is 3.20. The maximum absolute atomic E-state index is 13.7. The van der Waals surface area contributed by atoms with Crippen LogP contribution >= 0.6 is 23.2 Å². The number of piperidine rings is 1. The molecule has 11 heteroatoms. The number of carbonyl (C=O) groups is 4. The zero-order valence-electron chi connectivity index (χ0n) is 20.6. The number of nitrogens with zero attached hydrogens (tertiary/aromatic N) is 3. The fourth-order valence-corrected chi connectivity index (χ4v) is 5.67. The number of amides is 4. The van der Waals surface area contributed by atoms with Crippen LogP contribution in [0.2, 0.25) is 10.0 Å². The number of esters is 1. The van der Waals surface area contributed by atoms with E-state index in [9.17, 15) is 19.2 Å². The molecule has 0 aromatic heterocycles. The maximum Gasteiger partial charge on any atom is 0.322 e. The topological polar surface area (TPSA) is 99.3 Å². The summed E-state index contributed by atoms with van der Waals surface area (Å²) >= 11 is 12.5. The minimum atomic E-state index is -0.779. The molecule has 1 saturated heterocycles. The third-order valence-electron chi connectivity index (χ3n) is 7.02. The van der Waals surface area contributed by atoms with Gasteiger partial charge in [-0.15, -0.1) is 0 Å². The van der Waals surface area contributed by atoms with Crippen LogP contribution in [0, 0.1) is 5.92 Å². The van der Waals surface area contributed by atoms with Crippen LogP contribution in [0.1, 0.15) is 45.2 Å². The predicted octanol–water partition coefficient (Wildman–Crippen LogP) is 3.37. The Morgan fingerprint density at radius 3 is 2.64 bits per heavy atom. The molecule has 0 aliphatic carbocycles. The van der Waals surface area contributed by atoms with E-state index in [2.05, 4.69) is 5.32 Å². The van der Waals surface area contributed by atoms with Gasteiger partial charge in [0.15, 0.2) is 0 Å². The second-order valence-electron chi connectivity index (χ2n) is 9.14. The fourth-order valence-electron chi connectivity index (χ4n) is 5.16. The molecule has 1 aromatic carbocycles. The number of hydrogen-bond donors (Lipinski definition) is 1. The van der Waals surface area contributed by atoms with Crippen molar-refractivity contribution in [1.29, 1.82) is 0 Å². The lowest BCUT2D eigenvalue weighted by Crippen LogP contribution is -2.52. The lowest BCUT2D eigenvalue weighted by Gasteiger charge is -2.35. The van der Waals surface area contributed by atoms with Crippen molar-refractivity contribution in [3.8, 4) is 0 Å². The van der Waals surface area contributed by atoms with E-state index in [4.69, 9.17) is 27.9 Å². The highest BCUT2D eigenvalue weighted by Crippen LogP contribution is 2.40. The molecule has 3 aliphatic heterocycles. The molecule has 3 atom stereocenters. The smallest absolute Gasteiger partial charge is 0.322 e. The van der Waals surface area contributed by atoms with E-state index in [0.29, 0.717) is 59.4 Å². The Balaban J connectivity index is 1.58. The van der Waals surface area contributed by atoms with Crippen molar-refractivity contribution < 1.29 is 23.9 Å². The molecule has 4 rings (SSSR count). The Bertz CT molecular complexity index is 1120. The molecule has 0 spiro atoms. The number of rotatable bonds is 6. The highest BCUT2D eigenvalue weighted by Gasteiger charge is 2.47. The first-order chi connectivity index (χ1) is 17.2.